The Morgan fingerprint density at radius 2 is 2.00 bits per heavy atom. The smallest absolute Gasteiger partial charge is 0.748 e. The second kappa shape index (κ2) is 7.38. The maximum absolute atomic E-state index is 10.4. The average Bonchev–Trinajstić information content (AvgIpc) is 2.18. The van der Waals surface area contributed by atoms with Gasteiger partial charge in [-0.15, -0.1) is 0 Å². The van der Waals surface area contributed by atoms with Crippen LogP contribution in [0.15, 0.2) is 18.2 Å². The Kier molecular flexibility index (Phi) is 7.35. The van der Waals surface area contributed by atoms with Crippen molar-refractivity contribution in [1.82, 2.24) is 0 Å². The first kappa shape index (κ1) is 16.9. The van der Waals surface area contributed by atoms with E-state index in [2.05, 4.69) is 0 Å². The molecule has 6 heteroatoms. The first-order valence-corrected chi connectivity index (χ1v) is 6.57. The van der Waals surface area contributed by atoms with Crippen LogP contribution in [0, 0.1) is 6.92 Å². The molecule has 0 amide bonds. The van der Waals surface area contributed by atoms with E-state index in [9.17, 15) is 13.0 Å². The summed E-state index contributed by atoms with van der Waals surface area (Å²) in [6.07, 6.45) is 0.913. The average molecular weight is 266 g/mol. The SMILES string of the molecule is COc1cc(CCCS(=O)(=O)[O-])ccc1C.[Na+]. The molecule has 0 aromatic heterocycles. The van der Waals surface area contributed by atoms with Crippen LogP contribution < -0.4 is 34.3 Å². The maximum atomic E-state index is 10.4. The van der Waals surface area contributed by atoms with E-state index >= 15 is 0 Å². The standard InChI is InChI=1S/C11H16O4S.Na/c1-9-5-6-10(8-11(9)15-2)4-3-7-16(12,13)14;/h5-6,8H,3-4,7H2,1-2H3,(H,12,13,14);/q;+1/p-1. The zero-order chi connectivity index (χ0) is 12.2. The van der Waals surface area contributed by atoms with Gasteiger partial charge < -0.3 is 9.29 Å². The number of aryl methyl sites for hydroxylation is 2. The molecule has 0 unspecified atom stereocenters. The summed E-state index contributed by atoms with van der Waals surface area (Å²) in [6, 6.07) is 5.70. The summed E-state index contributed by atoms with van der Waals surface area (Å²) in [6.45, 7) is 1.94. The fourth-order valence-corrected chi connectivity index (χ4v) is 1.97. The molecule has 0 aliphatic heterocycles. The monoisotopic (exact) mass is 266 g/mol. The van der Waals surface area contributed by atoms with Gasteiger partial charge in [0.15, 0.2) is 0 Å². The fourth-order valence-electron chi connectivity index (χ4n) is 1.47. The van der Waals surface area contributed by atoms with Crippen molar-refractivity contribution in [2.75, 3.05) is 12.9 Å². The van der Waals surface area contributed by atoms with Crippen molar-refractivity contribution < 1.29 is 47.3 Å². The summed E-state index contributed by atoms with van der Waals surface area (Å²) < 4.78 is 36.4. The molecule has 0 aliphatic carbocycles. The number of ether oxygens (including phenoxy) is 1. The van der Waals surface area contributed by atoms with Crippen LogP contribution in [-0.4, -0.2) is 25.8 Å². The van der Waals surface area contributed by atoms with E-state index in [1.54, 1.807) is 7.11 Å². The molecule has 17 heavy (non-hydrogen) atoms. The van der Waals surface area contributed by atoms with Gasteiger partial charge in [0, 0.05) is 5.75 Å². The van der Waals surface area contributed by atoms with Gasteiger partial charge in [-0.25, -0.2) is 8.42 Å². The van der Waals surface area contributed by atoms with Crippen molar-refractivity contribution >= 4 is 10.1 Å². The molecule has 0 radical (unpaired) electrons. The molecule has 90 valence electrons. The third-order valence-electron chi connectivity index (χ3n) is 2.33. The largest absolute Gasteiger partial charge is 1.00 e. The van der Waals surface area contributed by atoms with Gasteiger partial charge in [0.25, 0.3) is 0 Å². The number of hydrogen-bond acceptors (Lipinski definition) is 4. The number of benzene rings is 1. The van der Waals surface area contributed by atoms with Gasteiger partial charge in [0.2, 0.25) is 0 Å². The van der Waals surface area contributed by atoms with E-state index in [0.29, 0.717) is 12.8 Å². The van der Waals surface area contributed by atoms with Gasteiger partial charge in [-0.2, -0.15) is 0 Å². The predicted molar refractivity (Wildman–Crippen MR) is 60.6 cm³/mol. The van der Waals surface area contributed by atoms with Gasteiger partial charge in [0.05, 0.1) is 17.2 Å². The molecule has 0 bridgehead atoms. The van der Waals surface area contributed by atoms with Crippen molar-refractivity contribution in [3.8, 4) is 5.75 Å². The second-order valence-electron chi connectivity index (χ2n) is 3.67. The molecule has 0 N–H and O–H groups in total. The maximum Gasteiger partial charge on any atom is 1.00 e. The van der Waals surface area contributed by atoms with Gasteiger partial charge in [-0.05, 0) is 37.0 Å². The van der Waals surface area contributed by atoms with E-state index in [4.69, 9.17) is 4.74 Å². The van der Waals surface area contributed by atoms with Gasteiger partial charge in [0.1, 0.15) is 5.75 Å². The van der Waals surface area contributed by atoms with Crippen LogP contribution in [0.2, 0.25) is 0 Å². The zero-order valence-corrected chi connectivity index (χ0v) is 13.2. The van der Waals surface area contributed by atoms with Crippen LogP contribution in [0.4, 0.5) is 0 Å². The molecular formula is C11H15NaO4S. The van der Waals surface area contributed by atoms with Gasteiger partial charge in [-0.3, -0.25) is 0 Å². The third-order valence-corrected chi connectivity index (χ3v) is 3.12. The minimum absolute atomic E-state index is 0. The fraction of sp³-hybridized carbons (Fsp3) is 0.455. The molecule has 0 atom stereocenters. The number of hydrogen-bond donors (Lipinski definition) is 0. The molecule has 0 saturated carbocycles. The molecule has 0 saturated heterocycles. The van der Waals surface area contributed by atoms with Crippen molar-refractivity contribution in [3.05, 3.63) is 29.3 Å². The molecule has 1 aromatic carbocycles. The summed E-state index contributed by atoms with van der Waals surface area (Å²) >= 11 is 0. The number of rotatable bonds is 5. The Hall–Kier alpha value is -0.0700. The molecule has 4 nitrogen and oxygen atoms in total. The summed E-state index contributed by atoms with van der Waals surface area (Å²) in [5, 5.41) is 0. The van der Waals surface area contributed by atoms with Gasteiger partial charge >= 0.3 is 29.6 Å². The summed E-state index contributed by atoms with van der Waals surface area (Å²) in [4.78, 5) is 0. The Morgan fingerprint density at radius 3 is 2.53 bits per heavy atom. The van der Waals surface area contributed by atoms with Crippen LogP contribution in [0.5, 0.6) is 5.75 Å². The Labute approximate surface area is 124 Å². The molecule has 0 spiro atoms. The Morgan fingerprint density at radius 1 is 1.35 bits per heavy atom. The first-order valence-electron chi connectivity index (χ1n) is 4.99. The van der Waals surface area contributed by atoms with E-state index < -0.39 is 10.1 Å². The van der Waals surface area contributed by atoms with Crippen LogP contribution in [0.1, 0.15) is 17.5 Å². The van der Waals surface area contributed by atoms with Crippen molar-refractivity contribution in [2.24, 2.45) is 0 Å². The van der Waals surface area contributed by atoms with E-state index in [0.717, 1.165) is 16.9 Å². The zero-order valence-electron chi connectivity index (χ0n) is 10.4. The van der Waals surface area contributed by atoms with Crippen LogP contribution >= 0.6 is 0 Å². The van der Waals surface area contributed by atoms with Crippen LogP contribution in [0.25, 0.3) is 0 Å². The van der Waals surface area contributed by atoms with E-state index in [1.807, 2.05) is 25.1 Å². The van der Waals surface area contributed by atoms with E-state index in [-0.39, 0.29) is 35.3 Å². The van der Waals surface area contributed by atoms with Crippen molar-refractivity contribution in [3.63, 3.8) is 0 Å². The number of methoxy groups -OCH3 is 1. The molecule has 0 aliphatic rings. The second-order valence-corrected chi connectivity index (χ2v) is 5.19. The van der Waals surface area contributed by atoms with Crippen LogP contribution in [0.3, 0.4) is 0 Å². The summed E-state index contributed by atoms with van der Waals surface area (Å²) in [5.41, 5.74) is 2.01. The van der Waals surface area contributed by atoms with Crippen molar-refractivity contribution in [2.45, 2.75) is 19.8 Å². The quantitative estimate of drug-likeness (QED) is 0.480. The topological polar surface area (TPSA) is 66.4 Å². The van der Waals surface area contributed by atoms with Crippen molar-refractivity contribution in [1.29, 1.82) is 0 Å². The molecule has 0 fully saturated rings. The third kappa shape index (κ3) is 6.43. The molecule has 1 rings (SSSR count). The van der Waals surface area contributed by atoms with Crippen LogP contribution in [-0.2, 0) is 16.5 Å². The molecular weight excluding hydrogens is 251 g/mol. The Balaban J connectivity index is 0.00000256. The first-order chi connectivity index (χ1) is 7.42. The summed E-state index contributed by atoms with van der Waals surface area (Å²) in [7, 11) is -2.51. The summed E-state index contributed by atoms with van der Waals surface area (Å²) in [5.74, 6) is 0.464. The predicted octanol–water partition coefficient (Wildman–Crippen LogP) is -1.51. The van der Waals surface area contributed by atoms with Gasteiger partial charge in [-0.1, -0.05) is 12.1 Å². The van der Waals surface area contributed by atoms with E-state index in [1.165, 1.54) is 0 Å². The minimum Gasteiger partial charge on any atom is -0.748 e. The Bertz CT molecular complexity index is 457. The molecule has 1 aromatic rings. The normalized spacial score (nSPS) is 10.8. The minimum atomic E-state index is -4.10. The molecule has 0 heterocycles.